The zero-order valence-electron chi connectivity index (χ0n) is 12.0. The third-order valence-electron chi connectivity index (χ3n) is 3.96. The van der Waals surface area contributed by atoms with Crippen LogP contribution in [0.3, 0.4) is 0 Å². The lowest BCUT2D eigenvalue weighted by molar-refractivity contribution is 0.170. The number of hydrogen-bond acceptors (Lipinski definition) is 3. The first-order valence-corrected chi connectivity index (χ1v) is 7.35. The van der Waals surface area contributed by atoms with E-state index in [2.05, 4.69) is 28.6 Å². The highest BCUT2D eigenvalue weighted by Gasteiger charge is 2.22. The van der Waals surface area contributed by atoms with Gasteiger partial charge in [-0.3, -0.25) is 4.90 Å². The van der Waals surface area contributed by atoms with Gasteiger partial charge in [-0.15, -0.1) is 0 Å². The smallest absolute Gasteiger partial charge is 0.141 e. The van der Waals surface area contributed by atoms with Crippen LogP contribution >= 0.6 is 0 Å². The van der Waals surface area contributed by atoms with Crippen molar-refractivity contribution in [2.45, 2.75) is 39.2 Å². The Morgan fingerprint density at radius 1 is 1.21 bits per heavy atom. The van der Waals surface area contributed by atoms with Crippen LogP contribution < -0.4 is 4.90 Å². The highest BCUT2D eigenvalue weighted by atomic mass is 19.1. The van der Waals surface area contributed by atoms with Crippen LogP contribution in [0, 0.1) is 5.82 Å². The van der Waals surface area contributed by atoms with E-state index in [4.69, 9.17) is 0 Å². The molecule has 0 saturated carbocycles. The molecule has 3 nitrogen and oxygen atoms in total. The molecule has 1 saturated heterocycles. The van der Waals surface area contributed by atoms with Gasteiger partial charge in [0.15, 0.2) is 0 Å². The largest absolute Gasteiger partial charge is 0.354 e. The molecule has 0 aromatic carbocycles. The standard InChI is InChI=1S/C15H24FN3/c1-3-5-14(4-2)18-8-10-19(11-9-18)15-7-6-13(16)12-17-15/h6-7,12,14H,3-5,8-11H2,1-2H3. The van der Waals surface area contributed by atoms with Crippen LogP contribution in [0.15, 0.2) is 18.3 Å². The Morgan fingerprint density at radius 2 is 1.95 bits per heavy atom. The summed E-state index contributed by atoms with van der Waals surface area (Å²) in [5.41, 5.74) is 0. The Bertz CT molecular complexity index is 371. The molecular weight excluding hydrogens is 241 g/mol. The average Bonchev–Trinajstić information content (AvgIpc) is 2.46. The number of hydrogen-bond donors (Lipinski definition) is 0. The average molecular weight is 265 g/mol. The Hall–Kier alpha value is -1.16. The second kappa shape index (κ2) is 6.85. The van der Waals surface area contributed by atoms with E-state index in [1.165, 1.54) is 31.5 Å². The molecule has 106 valence electrons. The summed E-state index contributed by atoms with van der Waals surface area (Å²) in [5.74, 6) is 0.626. The maximum absolute atomic E-state index is 12.9. The normalized spacial score (nSPS) is 18.6. The highest BCUT2D eigenvalue weighted by molar-refractivity contribution is 5.38. The van der Waals surface area contributed by atoms with Gasteiger partial charge in [-0.1, -0.05) is 20.3 Å². The van der Waals surface area contributed by atoms with Crippen LogP contribution in [0.4, 0.5) is 10.2 Å². The summed E-state index contributed by atoms with van der Waals surface area (Å²) in [6, 6.07) is 3.97. The van der Waals surface area contributed by atoms with Crippen LogP contribution in [0.25, 0.3) is 0 Å². The topological polar surface area (TPSA) is 19.4 Å². The third-order valence-corrected chi connectivity index (χ3v) is 3.96. The summed E-state index contributed by atoms with van der Waals surface area (Å²) < 4.78 is 12.9. The van der Waals surface area contributed by atoms with E-state index in [0.717, 1.165) is 32.0 Å². The fourth-order valence-corrected chi connectivity index (χ4v) is 2.85. The van der Waals surface area contributed by atoms with Gasteiger partial charge in [0, 0.05) is 32.2 Å². The maximum Gasteiger partial charge on any atom is 0.141 e. The molecular formula is C15H24FN3. The van der Waals surface area contributed by atoms with Crippen molar-refractivity contribution < 1.29 is 4.39 Å². The first-order chi connectivity index (χ1) is 9.24. The molecule has 0 aliphatic carbocycles. The van der Waals surface area contributed by atoms with E-state index < -0.39 is 0 Å². The van der Waals surface area contributed by atoms with E-state index in [1.807, 2.05) is 0 Å². The van der Waals surface area contributed by atoms with Crippen LogP contribution in [-0.4, -0.2) is 42.1 Å². The zero-order valence-corrected chi connectivity index (χ0v) is 12.0. The molecule has 1 aliphatic rings. The number of piperazine rings is 1. The van der Waals surface area contributed by atoms with Gasteiger partial charge < -0.3 is 4.90 Å². The molecule has 1 fully saturated rings. The third kappa shape index (κ3) is 3.66. The first-order valence-electron chi connectivity index (χ1n) is 7.35. The minimum Gasteiger partial charge on any atom is -0.354 e. The number of pyridine rings is 1. The lowest BCUT2D eigenvalue weighted by atomic mass is 10.1. The lowest BCUT2D eigenvalue weighted by Crippen LogP contribution is -2.50. The van der Waals surface area contributed by atoms with Crippen molar-refractivity contribution in [1.82, 2.24) is 9.88 Å². The Kier molecular flexibility index (Phi) is 5.14. The molecule has 0 N–H and O–H groups in total. The minimum atomic E-state index is -0.267. The van der Waals surface area contributed by atoms with E-state index in [1.54, 1.807) is 6.07 Å². The molecule has 0 radical (unpaired) electrons. The SMILES string of the molecule is CCCC(CC)N1CCN(c2ccc(F)cn2)CC1. The van der Waals surface area contributed by atoms with Gasteiger partial charge in [0.25, 0.3) is 0 Å². The molecule has 1 aromatic heterocycles. The molecule has 0 spiro atoms. The van der Waals surface area contributed by atoms with Gasteiger partial charge in [-0.25, -0.2) is 9.37 Å². The molecule has 19 heavy (non-hydrogen) atoms. The highest BCUT2D eigenvalue weighted by Crippen LogP contribution is 2.17. The fourth-order valence-electron chi connectivity index (χ4n) is 2.85. The van der Waals surface area contributed by atoms with Crippen molar-refractivity contribution in [3.8, 4) is 0 Å². The second-order valence-corrected chi connectivity index (χ2v) is 5.21. The minimum absolute atomic E-state index is 0.267. The number of halogens is 1. The molecule has 1 atom stereocenters. The van der Waals surface area contributed by atoms with E-state index in [9.17, 15) is 4.39 Å². The number of nitrogens with zero attached hydrogens (tertiary/aromatic N) is 3. The summed E-state index contributed by atoms with van der Waals surface area (Å²) in [6.07, 6.45) is 5.06. The zero-order chi connectivity index (χ0) is 13.7. The quantitative estimate of drug-likeness (QED) is 0.816. The fraction of sp³-hybridized carbons (Fsp3) is 0.667. The molecule has 1 aliphatic heterocycles. The molecule has 0 bridgehead atoms. The van der Waals surface area contributed by atoms with Gasteiger partial charge in [0.1, 0.15) is 11.6 Å². The van der Waals surface area contributed by atoms with Crippen molar-refractivity contribution >= 4 is 5.82 Å². The molecule has 4 heteroatoms. The second-order valence-electron chi connectivity index (χ2n) is 5.21. The van der Waals surface area contributed by atoms with E-state index >= 15 is 0 Å². The molecule has 0 amide bonds. The van der Waals surface area contributed by atoms with Crippen molar-refractivity contribution in [3.63, 3.8) is 0 Å². The first kappa shape index (κ1) is 14.3. The number of aromatic nitrogens is 1. The molecule has 1 aromatic rings. The summed E-state index contributed by atoms with van der Waals surface area (Å²) in [5, 5.41) is 0. The Morgan fingerprint density at radius 3 is 2.47 bits per heavy atom. The van der Waals surface area contributed by atoms with Crippen molar-refractivity contribution in [2.75, 3.05) is 31.1 Å². The Balaban J connectivity index is 1.89. The van der Waals surface area contributed by atoms with Crippen molar-refractivity contribution in [1.29, 1.82) is 0 Å². The number of anilines is 1. The predicted octanol–water partition coefficient (Wildman–Crippen LogP) is 2.92. The summed E-state index contributed by atoms with van der Waals surface area (Å²) in [4.78, 5) is 8.99. The van der Waals surface area contributed by atoms with Gasteiger partial charge >= 0.3 is 0 Å². The summed E-state index contributed by atoms with van der Waals surface area (Å²) >= 11 is 0. The number of rotatable bonds is 5. The van der Waals surface area contributed by atoms with Gasteiger partial charge in [-0.2, -0.15) is 0 Å². The monoisotopic (exact) mass is 265 g/mol. The maximum atomic E-state index is 12.9. The molecule has 2 rings (SSSR count). The van der Waals surface area contributed by atoms with E-state index in [-0.39, 0.29) is 5.82 Å². The van der Waals surface area contributed by atoms with E-state index in [0.29, 0.717) is 6.04 Å². The summed E-state index contributed by atoms with van der Waals surface area (Å²) in [6.45, 7) is 8.66. The Labute approximate surface area is 115 Å². The predicted molar refractivity (Wildman–Crippen MR) is 77.0 cm³/mol. The van der Waals surface area contributed by atoms with Crippen LogP contribution in [0.1, 0.15) is 33.1 Å². The van der Waals surface area contributed by atoms with Gasteiger partial charge in [0.2, 0.25) is 0 Å². The van der Waals surface area contributed by atoms with Gasteiger partial charge in [-0.05, 0) is 25.0 Å². The lowest BCUT2D eigenvalue weighted by Gasteiger charge is -2.39. The molecule has 2 heterocycles. The molecule has 1 unspecified atom stereocenters. The van der Waals surface area contributed by atoms with Crippen LogP contribution in [-0.2, 0) is 0 Å². The summed E-state index contributed by atoms with van der Waals surface area (Å²) in [7, 11) is 0. The van der Waals surface area contributed by atoms with Crippen LogP contribution in [0.2, 0.25) is 0 Å². The van der Waals surface area contributed by atoms with Crippen molar-refractivity contribution in [3.05, 3.63) is 24.1 Å². The van der Waals surface area contributed by atoms with Gasteiger partial charge in [0.05, 0.1) is 6.20 Å². The van der Waals surface area contributed by atoms with Crippen molar-refractivity contribution in [2.24, 2.45) is 0 Å². The van der Waals surface area contributed by atoms with Crippen LogP contribution in [0.5, 0.6) is 0 Å².